The molecule has 0 saturated heterocycles. The second-order valence-corrected chi connectivity index (χ2v) is 6.30. The minimum Gasteiger partial charge on any atom is -0.307 e. The van der Waals surface area contributed by atoms with Crippen molar-refractivity contribution in [2.45, 2.75) is 32.9 Å². The summed E-state index contributed by atoms with van der Waals surface area (Å²) in [6.07, 6.45) is 0. The Bertz CT molecular complexity index is 573. The number of nitrogens with one attached hydrogen (secondary N) is 1. The lowest BCUT2D eigenvalue weighted by Gasteiger charge is -2.19. The number of aromatic nitrogens is 1. The van der Waals surface area contributed by atoms with E-state index in [0.717, 1.165) is 10.9 Å². The van der Waals surface area contributed by atoms with Crippen molar-refractivity contribution in [3.05, 3.63) is 40.8 Å². The average Bonchev–Trinajstić information content (AvgIpc) is 2.74. The molecule has 2 rings (SSSR count). The van der Waals surface area contributed by atoms with E-state index in [1.807, 2.05) is 6.07 Å². The highest BCUT2D eigenvalue weighted by atomic mass is 32.1. The normalized spacial score (nSPS) is 11.8. The molecule has 0 saturated carbocycles. The summed E-state index contributed by atoms with van der Waals surface area (Å²) in [6, 6.07) is 5.37. The van der Waals surface area contributed by atoms with Gasteiger partial charge in [-0.3, -0.25) is 0 Å². The van der Waals surface area contributed by atoms with Crippen molar-refractivity contribution in [1.82, 2.24) is 9.69 Å². The van der Waals surface area contributed by atoms with Crippen LogP contribution in [0.15, 0.2) is 24.3 Å². The van der Waals surface area contributed by atoms with Gasteiger partial charge in [0, 0.05) is 28.6 Å². The molecule has 102 valence electrons. The molecule has 19 heavy (non-hydrogen) atoms. The molecule has 0 fully saturated rings. The van der Waals surface area contributed by atoms with Crippen molar-refractivity contribution in [3.8, 4) is 11.3 Å². The van der Waals surface area contributed by atoms with Crippen molar-refractivity contribution in [2.75, 3.05) is 0 Å². The summed E-state index contributed by atoms with van der Waals surface area (Å²) in [6.45, 7) is 6.92. The fraction of sp³-hybridized carbons (Fsp3) is 0.357. The van der Waals surface area contributed by atoms with Crippen LogP contribution < -0.4 is 5.32 Å². The number of benzene rings is 1. The zero-order valence-electron chi connectivity index (χ0n) is 11.1. The van der Waals surface area contributed by atoms with Gasteiger partial charge in [-0.2, -0.15) is 4.37 Å². The van der Waals surface area contributed by atoms with Crippen LogP contribution in [0.3, 0.4) is 0 Å². The summed E-state index contributed by atoms with van der Waals surface area (Å²) in [5.41, 5.74) is 0.901. The maximum atomic E-state index is 13.6. The van der Waals surface area contributed by atoms with Gasteiger partial charge in [-0.25, -0.2) is 8.78 Å². The first-order valence-electron chi connectivity index (χ1n) is 6.01. The minimum atomic E-state index is -0.583. The summed E-state index contributed by atoms with van der Waals surface area (Å²) in [4.78, 5) is 1.02. The van der Waals surface area contributed by atoms with Crippen LogP contribution >= 0.6 is 11.5 Å². The number of nitrogens with zero attached hydrogens (tertiary/aromatic N) is 1. The van der Waals surface area contributed by atoms with Gasteiger partial charge in [0.05, 0.1) is 5.69 Å². The van der Waals surface area contributed by atoms with Crippen LogP contribution in [0.2, 0.25) is 0 Å². The van der Waals surface area contributed by atoms with Gasteiger partial charge in [0.15, 0.2) is 0 Å². The van der Waals surface area contributed by atoms with Crippen molar-refractivity contribution in [3.63, 3.8) is 0 Å². The van der Waals surface area contributed by atoms with Gasteiger partial charge in [0.1, 0.15) is 11.6 Å². The van der Waals surface area contributed by atoms with Crippen molar-refractivity contribution < 1.29 is 8.78 Å². The number of halogens is 2. The molecule has 0 atom stereocenters. The van der Waals surface area contributed by atoms with Crippen LogP contribution in [0.1, 0.15) is 25.6 Å². The Kier molecular flexibility index (Phi) is 3.96. The molecule has 0 amide bonds. The minimum absolute atomic E-state index is 0.0191. The second-order valence-electron chi connectivity index (χ2n) is 5.41. The van der Waals surface area contributed by atoms with Gasteiger partial charge in [0.2, 0.25) is 0 Å². The molecule has 0 aliphatic carbocycles. The summed E-state index contributed by atoms with van der Waals surface area (Å²) >= 11 is 1.33. The second kappa shape index (κ2) is 5.35. The van der Waals surface area contributed by atoms with E-state index in [0.29, 0.717) is 17.8 Å². The molecule has 1 heterocycles. The molecule has 1 aromatic carbocycles. The molecule has 0 radical (unpaired) electrons. The molecule has 0 spiro atoms. The lowest BCUT2D eigenvalue weighted by molar-refractivity contribution is 0.426. The van der Waals surface area contributed by atoms with Gasteiger partial charge in [-0.15, -0.1) is 0 Å². The largest absolute Gasteiger partial charge is 0.307 e. The SMILES string of the molecule is CC(C)(C)NCc1cc(-c2ccc(F)cc2F)ns1. The zero-order chi connectivity index (χ0) is 14.0. The van der Waals surface area contributed by atoms with E-state index < -0.39 is 11.6 Å². The van der Waals surface area contributed by atoms with E-state index in [1.165, 1.54) is 23.7 Å². The van der Waals surface area contributed by atoms with E-state index >= 15 is 0 Å². The molecule has 2 aromatic rings. The molecule has 0 aliphatic rings. The van der Waals surface area contributed by atoms with Crippen LogP contribution in [0.5, 0.6) is 0 Å². The maximum absolute atomic E-state index is 13.6. The molecule has 2 nitrogen and oxygen atoms in total. The van der Waals surface area contributed by atoms with Gasteiger partial charge in [-0.1, -0.05) is 0 Å². The van der Waals surface area contributed by atoms with E-state index in [4.69, 9.17) is 0 Å². The van der Waals surface area contributed by atoms with Crippen LogP contribution in [0.25, 0.3) is 11.3 Å². The third-order valence-electron chi connectivity index (χ3n) is 2.56. The molecule has 0 unspecified atom stereocenters. The predicted octanol–water partition coefficient (Wildman–Crippen LogP) is 3.98. The topological polar surface area (TPSA) is 24.9 Å². The van der Waals surface area contributed by atoms with E-state index in [-0.39, 0.29) is 5.54 Å². The Labute approximate surface area is 115 Å². The fourth-order valence-corrected chi connectivity index (χ4v) is 2.24. The highest BCUT2D eigenvalue weighted by Gasteiger charge is 2.13. The quantitative estimate of drug-likeness (QED) is 0.921. The molecule has 0 bridgehead atoms. The maximum Gasteiger partial charge on any atom is 0.135 e. The Hall–Kier alpha value is -1.33. The van der Waals surface area contributed by atoms with Gasteiger partial charge in [0.25, 0.3) is 0 Å². The van der Waals surface area contributed by atoms with Gasteiger partial charge in [-0.05, 0) is 50.5 Å². The highest BCUT2D eigenvalue weighted by Crippen LogP contribution is 2.25. The summed E-state index contributed by atoms with van der Waals surface area (Å²) in [5, 5.41) is 3.34. The Morgan fingerprint density at radius 1 is 1.21 bits per heavy atom. The van der Waals surface area contributed by atoms with Crippen molar-refractivity contribution >= 4 is 11.5 Å². The zero-order valence-corrected chi connectivity index (χ0v) is 11.9. The third kappa shape index (κ3) is 3.81. The summed E-state index contributed by atoms with van der Waals surface area (Å²) in [7, 11) is 0. The van der Waals surface area contributed by atoms with E-state index in [9.17, 15) is 8.78 Å². The van der Waals surface area contributed by atoms with E-state index in [2.05, 4.69) is 30.5 Å². The standard InChI is InChI=1S/C14H16F2N2S/c1-14(2,3)17-8-10-7-13(18-19-10)11-5-4-9(15)6-12(11)16/h4-7,17H,8H2,1-3H3. The monoisotopic (exact) mass is 282 g/mol. The molecular weight excluding hydrogens is 266 g/mol. The predicted molar refractivity (Wildman–Crippen MR) is 74.1 cm³/mol. The lowest BCUT2D eigenvalue weighted by Crippen LogP contribution is -2.34. The summed E-state index contributed by atoms with van der Waals surface area (Å²) < 4.78 is 30.7. The molecule has 5 heteroatoms. The van der Waals surface area contributed by atoms with Gasteiger partial charge >= 0.3 is 0 Å². The first-order chi connectivity index (χ1) is 8.85. The Balaban J connectivity index is 2.16. The number of rotatable bonds is 3. The Morgan fingerprint density at radius 3 is 2.58 bits per heavy atom. The van der Waals surface area contributed by atoms with Crippen molar-refractivity contribution in [2.24, 2.45) is 0 Å². The third-order valence-corrected chi connectivity index (χ3v) is 3.34. The van der Waals surface area contributed by atoms with E-state index in [1.54, 1.807) is 0 Å². The Morgan fingerprint density at radius 2 is 1.95 bits per heavy atom. The fourth-order valence-electron chi connectivity index (χ4n) is 1.57. The summed E-state index contributed by atoms with van der Waals surface area (Å²) in [5.74, 6) is -1.16. The first-order valence-corrected chi connectivity index (χ1v) is 6.78. The molecular formula is C14H16F2N2S. The molecule has 1 N–H and O–H groups in total. The molecule has 0 aliphatic heterocycles. The molecule has 1 aromatic heterocycles. The highest BCUT2D eigenvalue weighted by molar-refractivity contribution is 7.06. The van der Waals surface area contributed by atoms with Crippen LogP contribution in [-0.2, 0) is 6.54 Å². The first kappa shape index (κ1) is 14.1. The lowest BCUT2D eigenvalue weighted by atomic mass is 10.1. The van der Waals surface area contributed by atoms with Crippen LogP contribution in [0, 0.1) is 11.6 Å². The number of hydrogen-bond acceptors (Lipinski definition) is 3. The van der Waals surface area contributed by atoms with Crippen LogP contribution in [-0.4, -0.2) is 9.91 Å². The average molecular weight is 282 g/mol. The van der Waals surface area contributed by atoms with Crippen molar-refractivity contribution in [1.29, 1.82) is 0 Å². The van der Waals surface area contributed by atoms with Crippen LogP contribution in [0.4, 0.5) is 8.78 Å². The number of hydrogen-bond donors (Lipinski definition) is 1. The van der Waals surface area contributed by atoms with Gasteiger partial charge < -0.3 is 5.32 Å². The smallest absolute Gasteiger partial charge is 0.135 e.